The van der Waals surface area contributed by atoms with E-state index in [0.29, 0.717) is 0 Å². The molecule has 0 radical (unpaired) electrons. The summed E-state index contributed by atoms with van der Waals surface area (Å²) in [5.41, 5.74) is 2.76. The zero-order valence-electron chi connectivity index (χ0n) is 12.4. The van der Waals surface area contributed by atoms with E-state index in [0.717, 1.165) is 32.9 Å². The van der Waals surface area contributed by atoms with Gasteiger partial charge in [-0.05, 0) is 23.8 Å². The fourth-order valence-corrected chi connectivity index (χ4v) is 3.05. The van der Waals surface area contributed by atoms with Crippen LogP contribution in [0.25, 0.3) is 11.4 Å². The van der Waals surface area contributed by atoms with E-state index >= 15 is 0 Å². The van der Waals surface area contributed by atoms with E-state index in [1.54, 1.807) is 24.2 Å². The molecule has 0 saturated carbocycles. The lowest BCUT2D eigenvalue weighted by atomic mass is 10.2. The Morgan fingerprint density at radius 1 is 1.22 bits per heavy atom. The number of benzene rings is 1. The zero-order valence-corrected chi connectivity index (χ0v) is 14.0. The molecule has 2 heterocycles. The molecule has 0 aliphatic rings. The Kier molecular flexibility index (Phi) is 4.65. The molecule has 23 heavy (non-hydrogen) atoms. The van der Waals surface area contributed by atoms with E-state index in [9.17, 15) is 0 Å². The molecule has 0 saturated heterocycles. The summed E-state index contributed by atoms with van der Waals surface area (Å²) in [5, 5.41) is 10.1. The van der Waals surface area contributed by atoms with Crippen molar-refractivity contribution in [3.8, 4) is 23.7 Å². The van der Waals surface area contributed by atoms with Crippen molar-refractivity contribution < 1.29 is 0 Å². The van der Waals surface area contributed by atoms with Gasteiger partial charge in [0.15, 0.2) is 11.0 Å². The average molecular weight is 341 g/mol. The van der Waals surface area contributed by atoms with E-state index in [1.807, 2.05) is 41.9 Å². The second-order valence-corrected chi connectivity index (χ2v) is 6.27. The van der Waals surface area contributed by atoms with Crippen molar-refractivity contribution in [2.45, 2.75) is 10.9 Å². The number of aromatic nitrogens is 4. The third-order valence-electron chi connectivity index (χ3n) is 3.28. The van der Waals surface area contributed by atoms with E-state index in [2.05, 4.69) is 21.1 Å². The van der Waals surface area contributed by atoms with Crippen LogP contribution in [-0.4, -0.2) is 19.7 Å². The first kappa shape index (κ1) is 15.6. The molecular formula is C17H13ClN4S. The molecule has 0 aliphatic carbocycles. The van der Waals surface area contributed by atoms with Gasteiger partial charge < -0.3 is 4.57 Å². The van der Waals surface area contributed by atoms with Gasteiger partial charge in [-0.1, -0.05) is 41.4 Å². The molecular weight excluding hydrogens is 328 g/mol. The lowest BCUT2D eigenvalue weighted by Crippen LogP contribution is -1.96. The van der Waals surface area contributed by atoms with E-state index in [4.69, 9.17) is 18.0 Å². The van der Waals surface area contributed by atoms with Crippen molar-refractivity contribution >= 4 is 23.4 Å². The van der Waals surface area contributed by atoms with Gasteiger partial charge in [0.2, 0.25) is 0 Å². The fourth-order valence-electron chi connectivity index (χ4n) is 2.06. The Hall–Kier alpha value is -2.29. The molecule has 1 aromatic carbocycles. The van der Waals surface area contributed by atoms with Crippen LogP contribution in [0.3, 0.4) is 0 Å². The molecule has 6 heteroatoms. The van der Waals surface area contributed by atoms with Gasteiger partial charge >= 0.3 is 0 Å². The van der Waals surface area contributed by atoms with E-state index in [-0.39, 0.29) is 0 Å². The van der Waals surface area contributed by atoms with Gasteiger partial charge in [0, 0.05) is 41.3 Å². The lowest BCUT2D eigenvalue weighted by Gasteiger charge is -2.04. The first-order valence-electron chi connectivity index (χ1n) is 6.86. The molecule has 3 rings (SSSR count). The minimum Gasteiger partial charge on any atom is -0.305 e. The smallest absolute Gasteiger partial charge is 0.191 e. The summed E-state index contributed by atoms with van der Waals surface area (Å²) in [5.74, 6) is 4.12. The topological polar surface area (TPSA) is 43.6 Å². The summed E-state index contributed by atoms with van der Waals surface area (Å²) in [4.78, 5) is 4.14. The minimum atomic E-state index is 0.723. The van der Waals surface area contributed by atoms with Crippen molar-refractivity contribution in [3.63, 3.8) is 0 Å². The van der Waals surface area contributed by atoms with Crippen LogP contribution in [0.5, 0.6) is 0 Å². The van der Waals surface area contributed by atoms with Gasteiger partial charge in [0.05, 0.1) is 0 Å². The highest BCUT2D eigenvalue weighted by atomic mass is 35.5. The predicted octanol–water partition coefficient (Wildman–Crippen LogP) is 3.80. The Morgan fingerprint density at radius 3 is 2.74 bits per heavy atom. The molecule has 0 spiro atoms. The van der Waals surface area contributed by atoms with Gasteiger partial charge in [0.25, 0.3) is 0 Å². The highest BCUT2D eigenvalue weighted by Crippen LogP contribution is 2.25. The number of pyridine rings is 1. The molecule has 0 N–H and O–H groups in total. The number of halogens is 1. The van der Waals surface area contributed by atoms with Crippen LogP contribution in [0.15, 0.2) is 47.9 Å². The van der Waals surface area contributed by atoms with Crippen molar-refractivity contribution in [2.24, 2.45) is 7.05 Å². The average Bonchev–Trinajstić information content (AvgIpc) is 2.95. The third-order valence-corrected chi connectivity index (χ3v) is 4.62. The Labute approximate surface area is 143 Å². The minimum absolute atomic E-state index is 0.723. The molecule has 3 aromatic rings. The van der Waals surface area contributed by atoms with Crippen LogP contribution in [0.1, 0.15) is 11.1 Å². The second-order valence-electron chi connectivity index (χ2n) is 4.89. The Bertz CT molecular complexity index is 865. The van der Waals surface area contributed by atoms with Gasteiger partial charge in [-0.3, -0.25) is 4.98 Å². The van der Waals surface area contributed by atoms with Gasteiger partial charge in [-0.2, -0.15) is 0 Å². The summed E-state index contributed by atoms with van der Waals surface area (Å²) in [6.45, 7) is 0. The summed E-state index contributed by atoms with van der Waals surface area (Å²) in [6.07, 6.45) is 8.80. The van der Waals surface area contributed by atoms with Crippen molar-refractivity contribution in [3.05, 3.63) is 58.9 Å². The summed E-state index contributed by atoms with van der Waals surface area (Å²) in [6, 6.07) is 9.66. The first-order valence-corrected chi connectivity index (χ1v) is 8.22. The molecule has 0 amide bonds. The fraction of sp³-hybridized carbons (Fsp3) is 0.118. The number of hydrogen-bond donors (Lipinski definition) is 0. The maximum atomic E-state index is 5.90. The van der Waals surface area contributed by atoms with Gasteiger partial charge in [-0.15, -0.1) is 16.6 Å². The number of thioether (sulfide) groups is 1. The highest BCUT2D eigenvalue weighted by Gasteiger charge is 2.12. The molecule has 0 atom stereocenters. The monoisotopic (exact) mass is 340 g/mol. The van der Waals surface area contributed by atoms with Crippen LogP contribution in [0.4, 0.5) is 0 Å². The highest BCUT2D eigenvalue weighted by molar-refractivity contribution is 7.98. The van der Waals surface area contributed by atoms with Crippen molar-refractivity contribution in [2.75, 3.05) is 0 Å². The molecule has 4 nitrogen and oxygen atoms in total. The first-order chi connectivity index (χ1) is 11.2. The normalized spacial score (nSPS) is 10.5. The maximum Gasteiger partial charge on any atom is 0.191 e. The quantitative estimate of drug-likeness (QED) is 0.535. The van der Waals surface area contributed by atoms with Gasteiger partial charge in [0.1, 0.15) is 0 Å². The summed E-state index contributed by atoms with van der Waals surface area (Å²) in [7, 11) is 1.93. The third kappa shape index (κ3) is 3.55. The largest absolute Gasteiger partial charge is 0.305 e. The molecule has 0 bridgehead atoms. The number of rotatable bonds is 4. The SMILES string of the molecule is C#Cc1cncc(-c2nnc(SCc3ccc(Cl)cc3)n2C)c1. The molecule has 114 valence electrons. The van der Waals surface area contributed by atoms with Gasteiger partial charge in [-0.25, -0.2) is 0 Å². The van der Waals surface area contributed by atoms with Crippen LogP contribution in [0, 0.1) is 12.3 Å². The second kappa shape index (κ2) is 6.86. The zero-order chi connectivity index (χ0) is 16.2. The van der Waals surface area contributed by atoms with Crippen LogP contribution >= 0.6 is 23.4 Å². The maximum absolute atomic E-state index is 5.90. The molecule has 0 fully saturated rings. The van der Waals surface area contributed by atoms with Crippen molar-refractivity contribution in [1.29, 1.82) is 0 Å². The standard InChI is InChI=1S/C17H13ClN4S/c1-3-12-8-14(10-19-9-12)16-20-21-17(22(16)2)23-11-13-4-6-15(18)7-5-13/h1,4-10H,11H2,2H3. The summed E-state index contributed by atoms with van der Waals surface area (Å²) >= 11 is 7.51. The predicted molar refractivity (Wildman–Crippen MR) is 93.2 cm³/mol. The lowest BCUT2D eigenvalue weighted by molar-refractivity contribution is 0.793. The van der Waals surface area contributed by atoms with Crippen LogP contribution in [-0.2, 0) is 12.8 Å². The van der Waals surface area contributed by atoms with E-state index in [1.165, 1.54) is 5.56 Å². The Morgan fingerprint density at radius 2 is 2.00 bits per heavy atom. The number of nitrogens with zero attached hydrogens (tertiary/aromatic N) is 4. The number of terminal acetylenes is 1. The van der Waals surface area contributed by atoms with Crippen LogP contribution < -0.4 is 0 Å². The van der Waals surface area contributed by atoms with Crippen LogP contribution in [0.2, 0.25) is 5.02 Å². The Balaban J connectivity index is 1.79. The summed E-state index contributed by atoms with van der Waals surface area (Å²) < 4.78 is 1.94. The van der Waals surface area contributed by atoms with Crippen molar-refractivity contribution in [1.82, 2.24) is 19.7 Å². The molecule has 0 unspecified atom stereocenters. The molecule has 2 aromatic heterocycles. The molecule has 0 aliphatic heterocycles. The van der Waals surface area contributed by atoms with E-state index < -0.39 is 0 Å². The number of hydrogen-bond acceptors (Lipinski definition) is 4.